The first-order valence-corrected chi connectivity index (χ1v) is 6.06. The predicted octanol–water partition coefficient (Wildman–Crippen LogP) is 4.49. The van der Waals surface area contributed by atoms with E-state index in [0.29, 0.717) is 5.69 Å². The van der Waals surface area contributed by atoms with Crippen LogP contribution in [-0.2, 0) is 0 Å². The van der Waals surface area contributed by atoms with E-state index in [4.69, 9.17) is 0 Å². The molecule has 0 radical (unpaired) electrons. The summed E-state index contributed by atoms with van der Waals surface area (Å²) in [5.41, 5.74) is 1.46. The van der Waals surface area contributed by atoms with Gasteiger partial charge in [-0.05, 0) is 56.1 Å². The number of pyridine rings is 1. The van der Waals surface area contributed by atoms with Gasteiger partial charge in [-0.15, -0.1) is 0 Å². The zero-order valence-corrected chi connectivity index (χ0v) is 11.2. The fourth-order valence-corrected chi connectivity index (χ4v) is 1.94. The Balaban J connectivity index is 2.30. The molecule has 0 spiro atoms. The minimum absolute atomic E-state index is 0.284. The molecule has 0 aliphatic rings. The van der Waals surface area contributed by atoms with Crippen LogP contribution in [0.25, 0.3) is 0 Å². The number of benzene rings is 1. The van der Waals surface area contributed by atoms with E-state index in [1.165, 1.54) is 12.1 Å². The Hall–Kier alpha value is -0.940. The number of aromatic nitrogens is 1. The van der Waals surface area contributed by atoms with Gasteiger partial charge in [-0.2, -0.15) is 0 Å². The van der Waals surface area contributed by atoms with Gasteiger partial charge in [-0.3, -0.25) is 4.98 Å². The van der Waals surface area contributed by atoms with Crippen molar-refractivity contribution in [1.29, 1.82) is 0 Å². The van der Waals surface area contributed by atoms with Gasteiger partial charge in [0.15, 0.2) is 0 Å². The van der Waals surface area contributed by atoms with Crippen LogP contribution in [0.5, 0.6) is 0 Å². The maximum Gasteiger partial charge on any atom is 0.125 e. The number of hydrogen-bond donors (Lipinski definition) is 1. The Morgan fingerprint density at radius 2 is 1.94 bits per heavy atom. The summed E-state index contributed by atoms with van der Waals surface area (Å²) >= 11 is 6.67. The lowest BCUT2D eigenvalue weighted by molar-refractivity contribution is 0.628. The summed E-state index contributed by atoms with van der Waals surface area (Å²) in [6.45, 7) is 0. The van der Waals surface area contributed by atoms with E-state index in [1.807, 2.05) is 6.07 Å². The Morgan fingerprint density at radius 3 is 2.69 bits per heavy atom. The molecular formula is C11H7Br2FN2. The van der Waals surface area contributed by atoms with Gasteiger partial charge in [0.25, 0.3) is 0 Å². The molecule has 2 aromatic rings. The number of halogens is 3. The topological polar surface area (TPSA) is 24.9 Å². The molecule has 5 heteroatoms. The quantitative estimate of drug-likeness (QED) is 0.867. The van der Waals surface area contributed by atoms with Crippen LogP contribution in [0.2, 0.25) is 0 Å². The average Bonchev–Trinajstić information content (AvgIpc) is 2.24. The molecule has 2 nitrogen and oxygen atoms in total. The highest BCUT2D eigenvalue weighted by atomic mass is 79.9. The van der Waals surface area contributed by atoms with Gasteiger partial charge < -0.3 is 5.32 Å². The summed E-state index contributed by atoms with van der Waals surface area (Å²) in [6, 6.07) is 6.34. The lowest BCUT2D eigenvalue weighted by Crippen LogP contribution is -1.93. The van der Waals surface area contributed by atoms with Gasteiger partial charge in [0.1, 0.15) is 5.82 Å². The standard InChI is InChI=1S/C11H7Br2FN2/c12-7-3-9(6-15-5-7)16-11-4-8(14)1-2-10(11)13/h1-6,16H. The number of rotatable bonds is 2. The highest BCUT2D eigenvalue weighted by Crippen LogP contribution is 2.27. The van der Waals surface area contributed by atoms with Gasteiger partial charge in [-0.25, -0.2) is 4.39 Å². The van der Waals surface area contributed by atoms with E-state index in [1.54, 1.807) is 18.5 Å². The second kappa shape index (κ2) is 4.93. The fraction of sp³-hybridized carbons (Fsp3) is 0. The van der Waals surface area contributed by atoms with Gasteiger partial charge in [0.2, 0.25) is 0 Å². The maximum atomic E-state index is 13.0. The van der Waals surface area contributed by atoms with Crippen molar-refractivity contribution in [2.75, 3.05) is 5.32 Å². The number of nitrogens with zero attached hydrogens (tertiary/aromatic N) is 1. The van der Waals surface area contributed by atoms with Crippen molar-refractivity contribution >= 4 is 43.2 Å². The van der Waals surface area contributed by atoms with E-state index in [9.17, 15) is 4.39 Å². The summed E-state index contributed by atoms with van der Waals surface area (Å²) in [5, 5.41) is 3.07. The number of anilines is 2. The third kappa shape index (κ3) is 2.80. The van der Waals surface area contributed by atoms with E-state index in [-0.39, 0.29) is 5.82 Å². The second-order valence-corrected chi connectivity index (χ2v) is 4.91. The normalized spacial score (nSPS) is 10.2. The molecule has 1 heterocycles. The maximum absolute atomic E-state index is 13.0. The molecule has 0 saturated carbocycles. The SMILES string of the molecule is Fc1ccc(Br)c(Nc2cncc(Br)c2)c1. The minimum atomic E-state index is -0.284. The minimum Gasteiger partial charge on any atom is -0.353 e. The van der Waals surface area contributed by atoms with Crippen LogP contribution < -0.4 is 5.32 Å². The molecule has 0 aliphatic carbocycles. The molecule has 0 amide bonds. The molecule has 0 aliphatic heterocycles. The zero-order chi connectivity index (χ0) is 11.5. The van der Waals surface area contributed by atoms with Crippen LogP contribution in [0.1, 0.15) is 0 Å². The largest absolute Gasteiger partial charge is 0.353 e. The Bertz CT molecular complexity index is 517. The third-order valence-corrected chi connectivity index (χ3v) is 3.04. The van der Waals surface area contributed by atoms with E-state index in [2.05, 4.69) is 42.2 Å². The summed E-state index contributed by atoms with van der Waals surface area (Å²) in [6.07, 6.45) is 3.36. The molecule has 2 rings (SSSR count). The molecule has 82 valence electrons. The number of hydrogen-bond acceptors (Lipinski definition) is 2. The molecule has 0 atom stereocenters. The molecule has 0 saturated heterocycles. The summed E-state index contributed by atoms with van der Waals surface area (Å²) < 4.78 is 14.7. The molecule has 0 bridgehead atoms. The van der Waals surface area contributed by atoms with Crippen LogP contribution >= 0.6 is 31.9 Å². The molecule has 1 aromatic heterocycles. The molecular weight excluding hydrogens is 339 g/mol. The van der Waals surface area contributed by atoms with E-state index >= 15 is 0 Å². The lowest BCUT2D eigenvalue weighted by Gasteiger charge is -2.08. The third-order valence-electron chi connectivity index (χ3n) is 1.91. The lowest BCUT2D eigenvalue weighted by atomic mass is 10.3. The Morgan fingerprint density at radius 1 is 1.12 bits per heavy atom. The first kappa shape index (κ1) is 11.5. The first-order chi connectivity index (χ1) is 7.65. The Kier molecular flexibility index (Phi) is 3.56. The smallest absolute Gasteiger partial charge is 0.125 e. The molecule has 0 unspecified atom stereocenters. The molecule has 0 fully saturated rings. The molecule has 16 heavy (non-hydrogen) atoms. The monoisotopic (exact) mass is 344 g/mol. The zero-order valence-electron chi connectivity index (χ0n) is 8.05. The van der Waals surface area contributed by atoms with Crippen molar-refractivity contribution in [3.05, 3.63) is 51.4 Å². The van der Waals surface area contributed by atoms with Crippen LogP contribution in [0.4, 0.5) is 15.8 Å². The van der Waals surface area contributed by atoms with Crippen LogP contribution in [0, 0.1) is 5.82 Å². The van der Waals surface area contributed by atoms with Crippen molar-refractivity contribution in [3.8, 4) is 0 Å². The Labute approximate surface area is 109 Å². The van der Waals surface area contributed by atoms with E-state index in [0.717, 1.165) is 14.6 Å². The van der Waals surface area contributed by atoms with Crippen molar-refractivity contribution in [3.63, 3.8) is 0 Å². The summed E-state index contributed by atoms with van der Waals surface area (Å²) in [4.78, 5) is 4.01. The number of nitrogens with one attached hydrogen (secondary N) is 1. The van der Waals surface area contributed by atoms with Crippen LogP contribution in [-0.4, -0.2) is 4.98 Å². The van der Waals surface area contributed by atoms with Gasteiger partial charge in [0.05, 0.1) is 17.6 Å². The molecule has 1 aromatic carbocycles. The van der Waals surface area contributed by atoms with Crippen molar-refractivity contribution in [2.45, 2.75) is 0 Å². The van der Waals surface area contributed by atoms with Crippen molar-refractivity contribution < 1.29 is 4.39 Å². The highest BCUT2D eigenvalue weighted by molar-refractivity contribution is 9.10. The van der Waals surface area contributed by atoms with Crippen LogP contribution in [0.15, 0.2) is 45.6 Å². The highest BCUT2D eigenvalue weighted by Gasteiger charge is 2.02. The second-order valence-electron chi connectivity index (χ2n) is 3.14. The van der Waals surface area contributed by atoms with Crippen molar-refractivity contribution in [2.24, 2.45) is 0 Å². The van der Waals surface area contributed by atoms with Gasteiger partial charge >= 0.3 is 0 Å². The average molecular weight is 346 g/mol. The summed E-state index contributed by atoms with van der Waals surface area (Å²) in [5.74, 6) is -0.284. The summed E-state index contributed by atoms with van der Waals surface area (Å²) in [7, 11) is 0. The van der Waals surface area contributed by atoms with Crippen LogP contribution in [0.3, 0.4) is 0 Å². The molecule has 1 N–H and O–H groups in total. The first-order valence-electron chi connectivity index (χ1n) is 4.48. The fourth-order valence-electron chi connectivity index (χ4n) is 1.23. The predicted molar refractivity (Wildman–Crippen MR) is 69.3 cm³/mol. The van der Waals surface area contributed by atoms with Crippen molar-refractivity contribution in [1.82, 2.24) is 4.98 Å². The van der Waals surface area contributed by atoms with Gasteiger partial charge in [-0.1, -0.05) is 0 Å². The van der Waals surface area contributed by atoms with E-state index < -0.39 is 0 Å². The van der Waals surface area contributed by atoms with Gasteiger partial charge in [0, 0.05) is 15.1 Å².